The number of thioether (sulfide) groups is 1. The number of rotatable bonds is 6. The van der Waals surface area contributed by atoms with Gasteiger partial charge < -0.3 is 5.32 Å². The summed E-state index contributed by atoms with van der Waals surface area (Å²) >= 11 is 1.72. The minimum Gasteiger partial charge on any atom is -0.350 e. The predicted octanol–water partition coefficient (Wildman–Crippen LogP) is 3.10. The van der Waals surface area contributed by atoms with Crippen molar-refractivity contribution < 1.29 is 4.79 Å². The zero-order chi connectivity index (χ0) is 16.1. The molecule has 0 unspecified atom stereocenters. The van der Waals surface area contributed by atoms with Crippen molar-refractivity contribution in [1.29, 1.82) is 0 Å². The Labute approximate surface area is 141 Å². The number of carbonyl (C=O) groups is 1. The Morgan fingerprint density at radius 2 is 2.04 bits per heavy atom. The van der Waals surface area contributed by atoms with Gasteiger partial charge in [-0.25, -0.2) is 0 Å². The summed E-state index contributed by atoms with van der Waals surface area (Å²) in [4.78, 5) is 13.2. The molecule has 0 aliphatic heterocycles. The van der Waals surface area contributed by atoms with Crippen LogP contribution in [0.2, 0.25) is 0 Å². The van der Waals surface area contributed by atoms with Crippen LogP contribution in [0.15, 0.2) is 35.2 Å². The molecule has 23 heavy (non-hydrogen) atoms. The molecular weight excluding hydrogens is 306 g/mol. The second kappa shape index (κ2) is 7.68. The van der Waals surface area contributed by atoms with Crippen molar-refractivity contribution >= 4 is 17.7 Å². The molecule has 0 fully saturated rings. The van der Waals surface area contributed by atoms with Gasteiger partial charge in [0.05, 0.1) is 12.2 Å². The van der Waals surface area contributed by atoms with Gasteiger partial charge in [0, 0.05) is 29.8 Å². The van der Waals surface area contributed by atoms with E-state index >= 15 is 0 Å². The van der Waals surface area contributed by atoms with E-state index < -0.39 is 0 Å². The Hall–Kier alpha value is -1.75. The quantitative estimate of drug-likeness (QED) is 0.829. The van der Waals surface area contributed by atoms with Crippen LogP contribution in [0.25, 0.3) is 0 Å². The molecule has 1 amide bonds. The lowest BCUT2D eigenvalue weighted by molar-refractivity contribution is -0.120. The molecule has 5 heteroatoms. The van der Waals surface area contributed by atoms with E-state index in [0.717, 1.165) is 24.3 Å². The molecular formula is C18H23N3OS. The van der Waals surface area contributed by atoms with Crippen molar-refractivity contribution in [2.75, 3.05) is 5.75 Å². The third-order valence-electron chi connectivity index (χ3n) is 4.24. The van der Waals surface area contributed by atoms with E-state index in [-0.39, 0.29) is 5.91 Å². The van der Waals surface area contributed by atoms with E-state index in [9.17, 15) is 4.79 Å². The summed E-state index contributed by atoms with van der Waals surface area (Å²) < 4.78 is 1.99. The molecule has 1 N–H and O–H groups in total. The number of aromatic nitrogens is 2. The zero-order valence-electron chi connectivity index (χ0n) is 13.5. The SMILES string of the molecule is Cn1nc(CNC(=O)CCSc2ccccc2)c2c1CCCC2. The highest BCUT2D eigenvalue weighted by Gasteiger charge is 2.19. The van der Waals surface area contributed by atoms with Crippen LogP contribution >= 0.6 is 11.8 Å². The Bertz CT molecular complexity index is 666. The Morgan fingerprint density at radius 3 is 2.87 bits per heavy atom. The molecule has 0 saturated carbocycles. The third-order valence-corrected chi connectivity index (χ3v) is 5.26. The molecule has 4 nitrogen and oxygen atoms in total. The molecule has 1 aromatic heterocycles. The third kappa shape index (κ3) is 4.16. The number of carbonyl (C=O) groups excluding carboxylic acids is 1. The summed E-state index contributed by atoms with van der Waals surface area (Å²) in [6.07, 6.45) is 5.22. The molecule has 0 bridgehead atoms. The van der Waals surface area contributed by atoms with E-state index in [1.54, 1.807) is 11.8 Å². The summed E-state index contributed by atoms with van der Waals surface area (Å²) in [7, 11) is 2.01. The van der Waals surface area contributed by atoms with Gasteiger partial charge in [0.25, 0.3) is 0 Å². The normalized spacial score (nSPS) is 13.6. The molecule has 0 atom stereocenters. The molecule has 1 aliphatic rings. The number of amides is 1. The fourth-order valence-electron chi connectivity index (χ4n) is 3.05. The van der Waals surface area contributed by atoms with Crippen LogP contribution in [-0.4, -0.2) is 21.4 Å². The van der Waals surface area contributed by atoms with E-state index in [2.05, 4.69) is 22.5 Å². The molecule has 122 valence electrons. The molecule has 1 heterocycles. The number of hydrogen-bond acceptors (Lipinski definition) is 3. The molecule has 1 aliphatic carbocycles. The maximum absolute atomic E-state index is 12.0. The van der Waals surface area contributed by atoms with Gasteiger partial charge in [-0.3, -0.25) is 9.48 Å². The van der Waals surface area contributed by atoms with Crippen LogP contribution in [-0.2, 0) is 31.2 Å². The monoisotopic (exact) mass is 329 g/mol. The van der Waals surface area contributed by atoms with Crippen LogP contribution in [0.5, 0.6) is 0 Å². The van der Waals surface area contributed by atoms with Gasteiger partial charge in [0.1, 0.15) is 0 Å². The van der Waals surface area contributed by atoms with Crippen molar-refractivity contribution in [3.8, 4) is 0 Å². The molecule has 3 rings (SSSR count). The first-order valence-corrected chi connectivity index (χ1v) is 9.21. The minimum absolute atomic E-state index is 0.101. The highest BCUT2D eigenvalue weighted by atomic mass is 32.2. The maximum Gasteiger partial charge on any atom is 0.221 e. The maximum atomic E-state index is 12.0. The standard InChI is InChI=1S/C18H23N3OS/c1-21-17-10-6-5-9-15(17)16(20-21)13-19-18(22)11-12-23-14-7-3-2-4-8-14/h2-4,7-8H,5-6,9-13H2,1H3,(H,19,22). The lowest BCUT2D eigenvalue weighted by atomic mass is 9.96. The van der Waals surface area contributed by atoms with Crippen molar-refractivity contribution in [3.63, 3.8) is 0 Å². The van der Waals surface area contributed by atoms with Gasteiger partial charge in [-0.1, -0.05) is 18.2 Å². The average Bonchev–Trinajstić information content (AvgIpc) is 2.91. The van der Waals surface area contributed by atoms with Gasteiger partial charge in [-0.2, -0.15) is 5.10 Å². The summed E-state index contributed by atoms with van der Waals surface area (Å²) in [5.74, 6) is 0.902. The Kier molecular flexibility index (Phi) is 5.39. The summed E-state index contributed by atoms with van der Waals surface area (Å²) in [6.45, 7) is 0.554. The van der Waals surface area contributed by atoms with Gasteiger partial charge in [0.2, 0.25) is 5.91 Å². The first-order chi connectivity index (χ1) is 11.2. The van der Waals surface area contributed by atoms with Gasteiger partial charge in [0.15, 0.2) is 0 Å². The zero-order valence-corrected chi connectivity index (χ0v) is 14.4. The van der Waals surface area contributed by atoms with Crippen LogP contribution < -0.4 is 5.32 Å². The second-order valence-corrected chi connectivity index (χ2v) is 7.06. The Balaban J connectivity index is 1.46. The smallest absolute Gasteiger partial charge is 0.221 e. The van der Waals surface area contributed by atoms with Crippen molar-refractivity contribution in [2.24, 2.45) is 7.05 Å². The van der Waals surface area contributed by atoms with Crippen molar-refractivity contribution in [1.82, 2.24) is 15.1 Å². The number of aryl methyl sites for hydroxylation is 1. The molecule has 0 saturated heterocycles. The minimum atomic E-state index is 0.101. The number of nitrogens with one attached hydrogen (secondary N) is 1. The molecule has 2 aromatic rings. The number of hydrogen-bond donors (Lipinski definition) is 1. The highest BCUT2D eigenvalue weighted by molar-refractivity contribution is 7.99. The summed E-state index contributed by atoms with van der Waals surface area (Å²) in [5.41, 5.74) is 3.75. The molecule has 0 spiro atoms. The fraction of sp³-hybridized carbons (Fsp3) is 0.444. The van der Waals surface area contributed by atoms with Crippen molar-refractivity contribution in [2.45, 2.75) is 43.5 Å². The Morgan fingerprint density at radius 1 is 1.26 bits per heavy atom. The first kappa shape index (κ1) is 16.1. The van der Waals surface area contributed by atoms with Gasteiger partial charge >= 0.3 is 0 Å². The number of benzene rings is 1. The predicted molar refractivity (Wildman–Crippen MR) is 93.5 cm³/mol. The van der Waals surface area contributed by atoms with Gasteiger partial charge in [-0.05, 0) is 43.4 Å². The summed E-state index contributed by atoms with van der Waals surface area (Å²) in [5, 5.41) is 7.61. The fourth-order valence-corrected chi connectivity index (χ4v) is 3.92. The van der Waals surface area contributed by atoms with Crippen LogP contribution in [0.4, 0.5) is 0 Å². The average molecular weight is 329 g/mol. The largest absolute Gasteiger partial charge is 0.350 e. The summed E-state index contributed by atoms with van der Waals surface area (Å²) in [6, 6.07) is 10.2. The van der Waals surface area contributed by atoms with Gasteiger partial charge in [-0.15, -0.1) is 11.8 Å². The van der Waals surface area contributed by atoms with E-state index in [4.69, 9.17) is 0 Å². The van der Waals surface area contributed by atoms with E-state index in [0.29, 0.717) is 13.0 Å². The first-order valence-electron chi connectivity index (χ1n) is 8.22. The van der Waals surface area contributed by atoms with Crippen LogP contribution in [0.3, 0.4) is 0 Å². The van der Waals surface area contributed by atoms with Crippen LogP contribution in [0.1, 0.15) is 36.2 Å². The lowest BCUT2D eigenvalue weighted by Crippen LogP contribution is -2.24. The number of nitrogens with zero attached hydrogens (tertiary/aromatic N) is 2. The highest BCUT2D eigenvalue weighted by Crippen LogP contribution is 2.23. The topological polar surface area (TPSA) is 46.9 Å². The number of fused-ring (bicyclic) bond motifs is 1. The van der Waals surface area contributed by atoms with Crippen LogP contribution in [0, 0.1) is 0 Å². The lowest BCUT2D eigenvalue weighted by Gasteiger charge is -2.12. The van der Waals surface area contributed by atoms with E-state index in [1.807, 2.05) is 29.9 Å². The molecule has 1 aromatic carbocycles. The van der Waals surface area contributed by atoms with E-state index in [1.165, 1.54) is 29.0 Å². The second-order valence-electron chi connectivity index (χ2n) is 5.89. The molecule has 0 radical (unpaired) electrons. The van der Waals surface area contributed by atoms with Crippen molar-refractivity contribution in [3.05, 3.63) is 47.3 Å².